The van der Waals surface area contributed by atoms with Crippen molar-refractivity contribution >= 4 is 34.0 Å². The number of nitrogens with one attached hydrogen (secondary N) is 1. The van der Waals surface area contributed by atoms with Gasteiger partial charge in [-0.05, 0) is 12.1 Å². The first kappa shape index (κ1) is 14.8. The van der Waals surface area contributed by atoms with Gasteiger partial charge in [0.15, 0.2) is 5.13 Å². The fourth-order valence-electron chi connectivity index (χ4n) is 4.10. The lowest BCUT2D eigenvalue weighted by molar-refractivity contribution is -0.128. The Morgan fingerprint density at radius 3 is 2.96 bits per heavy atom. The summed E-state index contributed by atoms with van der Waals surface area (Å²) in [5.74, 6) is -1.30. The molecule has 4 heterocycles. The van der Waals surface area contributed by atoms with Crippen LogP contribution >= 0.6 is 11.3 Å². The zero-order chi connectivity index (χ0) is 17.0. The molecular weight excluding hydrogens is 338 g/mol. The Morgan fingerprint density at radius 1 is 1.36 bits per heavy atom. The topological polar surface area (TPSA) is 71.5 Å². The maximum atomic E-state index is 13.1. The molecule has 6 nitrogen and oxygen atoms in total. The molecule has 2 fully saturated rings. The molecule has 5 rings (SSSR count). The summed E-state index contributed by atoms with van der Waals surface area (Å²) in [4.78, 5) is 31.7. The molecule has 0 radical (unpaired) electrons. The highest BCUT2D eigenvalue weighted by Gasteiger charge is 2.67. The molecule has 2 aromatic rings. The van der Waals surface area contributed by atoms with Crippen molar-refractivity contribution in [3.63, 3.8) is 0 Å². The average Bonchev–Trinajstić information content (AvgIpc) is 3.38. The first-order valence-corrected chi connectivity index (χ1v) is 9.00. The van der Waals surface area contributed by atoms with E-state index in [0.29, 0.717) is 11.7 Å². The monoisotopic (exact) mass is 353 g/mol. The molecule has 0 aliphatic carbocycles. The van der Waals surface area contributed by atoms with Crippen LogP contribution in [0.5, 0.6) is 0 Å². The summed E-state index contributed by atoms with van der Waals surface area (Å²) in [6.07, 6.45) is 5.14. The summed E-state index contributed by atoms with van der Waals surface area (Å²) in [5.41, 5.74) is 0.124. The molecule has 2 bridgehead atoms. The van der Waals surface area contributed by atoms with Crippen molar-refractivity contribution in [1.29, 1.82) is 0 Å². The fourth-order valence-corrected chi connectivity index (χ4v) is 4.63. The van der Waals surface area contributed by atoms with E-state index in [1.54, 1.807) is 16.5 Å². The van der Waals surface area contributed by atoms with Crippen molar-refractivity contribution in [3.8, 4) is 0 Å². The number of amides is 2. The van der Waals surface area contributed by atoms with Gasteiger partial charge in [-0.15, -0.1) is 11.3 Å². The first-order chi connectivity index (χ1) is 12.2. The lowest BCUT2D eigenvalue weighted by atomic mass is 9.77. The van der Waals surface area contributed by atoms with Crippen molar-refractivity contribution < 1.29 is 14.3 Å². The summed E-state index contributed by atoms with van der Waals surface area (Å²) < 4.78 is 6.11. The van der Waals surface area contributed by atoms with E-state index >= 15 is 0 Å². The molecule has 2 amide bonds. The average molecular weight is 353 g/mol. The molecule has 1 aromatic heterocycles. The van der Waals surface area contributed by atoms with Gasteiger partial charge in [0.25, 0.3) is 0 Å². The third-order valence-electron chi connectivity index (χ3n) is 5.13. The van der Waals surface area contributed by atoms with Crippen LogP contribution in [0, 0.1) is 11.8 Å². The number of nitrogens with zero attached hydrogens (tertiary/aromatic N) is 2. The number of carbonyl (C=O) groups is 2. The van der Waals surface area contributed by atoms with Crippen molar-refractivity contribution in [2.45, 2.75) is 11.7 Å². The van der Waals surface area contributed by atoms with E-state index in [2.05, 4.69) is 10.3 Å². The number of benzene rings is 1. The Labute approximate surface area is 148 Å². The van der Waals surface area contributed by atoms with Crippen molar-refractivity contribution in [2.75, 3.05) is 16.8 Å². The molecule has 126 valence electrons. The zero-order valence-corrected chi connectivity index (χ0v) is 14.0. The number of aromatic nitrogens is 1. The summed E-state index contributed by atoms with van der Waals surface area (Å²) in [5, 5.41) is 5.15. The minimum absolute atomic E-state index is 0.0580. The predicted molar refractivity (Wildman–Crippen MR) is 93.3 cm³/mol. The number of rotatable bonds is 3. The molecule has 25 heavy (non-hydrogen) atoms. The number of fused-ring (bicyclic) bond motifs is 1. The van der Waals surface area contributed by atoms with Crippen LogP contribution in [0.3, 0.4) is 0 Å². The SMILES string of the molecule is O=C(Nc1nccs1)[C@H]1[C@H]2C(=O)N(c3ccccc3)C[C@@]23C=C[C@H]1O3. The Kier molecular flexibility index (Phi) is 3.10. The highest BCUT2D eigenvalue weighted by atomic mass is 32.1. The lowest BCUT2D eigenvalue weighted by Gasteiger charge is -2.22. The highest BCUT2D eigenvalue weighted by molar-refractivity contribution is 7.13. The van der Waals surface area contributed by atoms with Gasteiger partial charge in [-0.25, -0.2) is 4.98 Å². The molecule has 7 heteroatoms. The first-order valence-electron chi connectivity index (χ1n) is 8.12. The van der Waals surface area contributed by atoms with Crippen LogP contribution in [0.15, 0.2) is 54.1 Å². The quantitative estimate of drug-likeness (QED) is 0.858. The minimum atomic E-state index is -0.706. The van der Waals surface area contributed by atoms with Gasteiger partial charge >= 0.3 is 0 Å². The molecule has 1 spiro atoms. The fraction of sp³-hybridized carbons (Fsp3) is 0.278. The second-order valence-electron chi connectivity index (χ2n) is 6.49. The molecule has 0 saturated carbocycles. The number of ether oxygens (including phenoxy) is 1. The van der Waals surface area contributed by atoms with Gasteiger partial charge in [0, 0.05) is 17.3 Å². The number of hydrogen-bond acceptors (Lipinski definition) is 5. The maximum Gasteiger partial charge on any atom is 0.234 e. The third kappa shape index (κ3) is 2.09. The summed E-state index contributed by atoms with van der Waals surface area (Å²) in [7, 11) is 0. The molecule has 3 aliphatic heterocycles. The van der Waals surface area contributed by atoms with Crippen LogP contribution in [0.2, 0.25) is 0 Å². The predicted octanol–water partition coefficient (Wildman–Crippen LogP) is 2.07. The molecule has 2 saturated heterocycles. The summed E-state index contributed by atoms with van der Waals surface area (Å²) >= 11 is 1.35. The van der Waals surface area contributed by atoms with Crippen molar-refractivity contribution in [1.82, 2.24) is 4.98 Å². The smallest absolute Gasteiger partial charge is 0.234 e. The van der Waals surface area contributed by atoms with Crippen LogP contribution in [-0.2, 0) is 14.3 Å². The second-order valence-corrected chi connectivity index (χ2v) is 7.38. The van der Waals surface area contributed by atoms with Crippen LogP contribution in [0.25, 0.3) is 0 Å². The molecule has 0 unspecified atom stereocenters. The van der Waals surface area contributed by atoms with Gasteiger partial charge in [0.2, 0.25) is 11.8 Å². The second kappa shape index (κ2) is 5.24. The zero-order valence-electron chi connectivity index (χ0n) is 13.2. The van der Waals surface area contributed by atoms with Gasteiger partial charge in [0.05, 0.1) is 24.5 Å². The van der Waals surface area contributed by atoms with Gasteiger partial charge in [-0.3, -0.25) is 9.59 Å². The van der Waals surface area contributed by atoms with E-state index in [1.807, 2.05) is 42.5 Å². The van der Waals surface area contributed by atoms with E-state index in [1.165, 1.54) is 11.3 Å². The Morgan fingerprint density at radius 2 is 2.20 bits per heavy atom. The van der Waals surface area contributed by atoms with Gasteiger partial charge in [-0.2, -0.15) is 0 Å². The maximum absolute atomic E-state index is 13.1. The number of carbonyl (C=O) groups excluding carboxylic acids is 2. The van der Waals surface area contributed by atoms with E-state index in [0.717, 1.165) is 5.69 Å². The number of para-hydroxylation sites is 1. The number of thiazole rings is 1. The Balaban J connectivity index is 1.47. The van der Waals surface area contributed by atoms with E-state index in [-0.39, 0.29) is 17.9 Å². The summed E-state index contributed by atoms with van der Waals surface area (Å²) in [6, 6.07) is 9.51. The van der Waals surface area contributed by atoms with Crippen LogP contribution in [-0.4, -0.2) is 35.0 Å². The Hall–Kier alpha value is -2.51. The molecule has 1 aromatic carbocycles. The van der Waals surface area contributed by atoms with Crippen molar-refractivity contribution in [2.24, 2.45) is 11.8 Å². The van der Waals surface area contributed by atoms with Crippen LogP contribution in [0.1, 0.15) is 0 Å². The van der Waals surface area contributed by atoms with Gasteiger partial charge in [-0.1, -0.05) is 30.4 Å². The van der Waals surface area contributed by atoms with E-state index < -0.39 is 17.4 Å². The third-order valence-corrected chi connectivity index (χ3v) is 5.82. The lowest BCUT2D eigenvalue weighted by Crippen LogP contribution is -2.41. The highest BCUT2D eigenvalue weighted by Crippen LogP contribution is 2.52. The normalized spacial score (nSPS) is 32.2. The molecule has 4 atom stereocenters. The van der Waals surface area contributed by atoms with Crippen LogP contribution in [0.4, 0.5) is 10.8 Å². The Bertz CT molecular complexity index is 867. The molecule has 3 aliphatic rings. The minimum Gasteiger partial charge on any atom is -0.360 e. The summed E-state index contributed by atoms with van der Waals surface area (Å²) in [6.45, 7) is 0.439. The largest absolute Gasteiger partial charge is 0.360 e. The van der Waals surface area contributed by atoms with Crippen LogP contribution < -0.4 is 10.2 Å². The number of hydrogen-bond donors (Lipinski definition) is 1. The van der Waals surface area contributed by atoms with Gasteiger partial charge in [0.1, 0.15) is 5.60 Å². The standard InChI is InChI=1S/C18H15N3O3S/c22-15(20-17-19-8-9-25-17)13-12-6-7-18(24-12)10-21(16(23)14(13)18)11-4-2-1-3-5-11/h1-9,12-14H,10H2,(H,19,20,22)/t12-,13-,14+,18+/m1/s1. The van der Waals surface area contributed by atoms with Gasteiger partial charge < -0.3 is 15.0 Å². The van der Waals surface area contributed by atoms with Crippen molar-refractivity contribution in [3.05, 3.63) is 54.1 Å². The van der Waals surface area contributed by atoms with E-state index in [9.17, 15) is 9.59 Å². The number of anilines is 2. The van der Waals surface area contributed by atoms with E-state index in [4.69, 9.17) is 4.74 Å². The molecular formula is C18H15N3O3S. The molecule has 1 N–H and O–H groups in total.